The summed E-state index contributed by atoms with van der Waals surface area (Å²) in [4.78, 5) is 11.0. The van der Waals surface area contributed by atoms with Crippen molar-refractivity contribution in [3.8, 4) is 0 Å². The van der Waals surface area contributed by atoms with Crippen molar-refractivity contribution in [2.24, 2.45) is 0 Å². The second-order valence-electron chi connectivity index (χ2n) is 4.43. The minimum atomic E-state index is 0.505. The number of aromatic nitrogens is 2. The van der Waals surface area contributed by atoms with Crippen molar-refractivity contribution < 1.29 is 0 Å². The molecule has 1 aliphatic heterocycles. The highest BCUT2D eigenvalue weighted by Gasteiger charge is 2.22. The Morgan fingerprint density at radius 3 is 3.06 bits per heavy atom. The summed E-state index contributed by atoms with van der Waals surface area (Å²) in [6.45, 7) is 6.10. The van der Waals surface area contributed by atoms with Gasteiger partial charge in [0.2, 0.25) is 5.95 Å². The second kappa shape index (κ2) is 5.54. The van der Waals surface area contributed by atoms with Gasteiger partial charge in [0.05, 0.1) is 6.20 Å². The molecule has 1 atom stereocenters. The first-order chi connectivity index (χ1) is 8.22. The molecule has 0 saturated carbocycles. The highest BCUT2D eigenvalue weighted by atomic mass is 35.5. The van der Waals surface area contributed by atoms with Gasteiger partial charge in [-0.3, -0.25) is 0 Å². The lowest BCUT2D eigenvalue weighted by molar-refractivity contribution is 0.481. The van der Waals surface area contributed by atoms with Gasteiger partial charge < -0.3 is 10.2 Å². The quantitative estimate of drug-likeness (QED) is 0.901. The Morgan fingerprint density at radius 2 is 2.35 bits per heavy atom. The van der Waals surface area contributed by atoms with Gasteiger partial charge in [-0.15, -0.1) is 0 Å². The van der Waals surface area contributed by atoms with Crippen LogP contribution in [0.15, 0.2) is 6.20 Å². The Balaban J connectivity index is 2.25. The summed E-state index contributed by atoms with van der Waals surface area (Å²) in [5.74, 6) is 1.52. The van der Waals surface area contributed by atoms with E-state index in [0.29, 0.717) is 17.0 Å². The summed E-state index contributed by atoms with van der Waals surface area (Å²) in [7, 11) is 0. The Kier molecular flexibility index (Phi) is 4.05. The van der Waals surface area contributed by atoms with Crippen LogP contribution in [0, 0.1) is 0 Å². The monoisotopic (exact) mass is 254 g/mol. The van der Waals surface area contributed by atoms with Crippen LogP contribution in [0.4, 0.5) is 11.8 Å². The molecule has 0 aliphatic carbocycles. The minimum Gasteiger partial charge on any atom is -0.354 e. The fourth-order valence-corrected chi connectivity index (χ4v) is 2.42. The topological polar surface area (TPSA) is 41.1 Å². The van der Waals surface area contributed by atoms with E-state index in [1.807, 2.05) is 6.92 Å². The standard InChI is InChI=1S/C12H19ClN4/c1-3-14-12-15-8-10(13)11(16-12)17-7-5-4-6-9(17)2/h8-9H,3-7H2,1-2H3,(H,14,15,16). The van der Waals surface area contributed by atoms with E-state index in [0.717, 1.165) is 18.9 Å². The van der Waals surface area contributed by atoms with Gasteiger partial charge >= 0.3 is 0 Å². The van der Waals surface area contributed by atoms with Crippen molar-refractivity contribution in [2.45, 2.75) is 39.2 Å². The Hall–Kier alpha value is -1.03. The van der Waals surface area contributed by atoms with E-state index in [4.69, 9.17) is 11.6 Å². The van der Waals surface area contributed by atoms with Crippen molar-refractivity contribution in [1.82, 2.24) is 9.97 Å². The summed E-state index contributed by atoms with van der Waals surface area (Å²) in [5.41, 5.74) is 0. The third-order valence-corrected chi connectivity index (χ3v) is 3.40. The van der Waals surface area contributed by atoms with E-state index in [1.54, 1.807) is 6.20 Å². The van der Waals surface area contributed by atoms with Gasteiger partial charge in [0.1, 0.15) is 5.02 Å². The Morgan fingerprint density at radius 1 is 1.53 bits per heavy atom. The summed E-state index contributed by atoms with van der Waals surface area (Å²) in [5, 5.41) is 3.76. The molecule has 4 nitrogen and oxygen atoms in total. The third-order valence-electron chi connectivity index (χ3n) is 3.14. The Labute approximate surface area is 107 Å². The minimum absolute atomic E-state index is 0.505. The maximum Gasteiger partial charge on any atom is 0.224 e. The molecule has 0 amide bonds. The van der Waals surface area contributed by atoms with E-state index >= 15 is 0 Å². The van der Waals surface area contributed by atoms with E-state index in [2.05, 4.69) is 27.1 Å². The molecule has 0 radical (unpaired) electrons. The first-order valence-electron chi connectivity index (χ1n) is 6.25. The molecule has 5 heteroatoms. The highest BCUT2D eigenvalue weighted by molar-refractivity contribution is 6.32. The van der Waals surface area contributed by atoms with Gasteiger partial charge in [-0.1, -0.05) is 11.6 Å². The van der Waals surface area contributed by atoms with Crippen LogP contribution in [0.5, 0.6) is 0 Å². The number of nitrogens with zero attached hydrogens (tertiary/aromatic N) is 3. The third kappa shape index (κ3) is 2.80. The van der Waals surface area contributed by atoms with E-state index in [9.17, 15) is 0 Å². The van der Waals surface area contributed by atoms with E-state index in [1.165, 1.54) is 19.3 Å². The molecule has 2 rings (SSSR count). The molecule has 1 saturated heterocycles. The van der Waals surface area contributed by atoms with Gasteiger partial charge in [-0.2, -0.15) is 4.98 Å². The summed E-state index contributed by atoms with van der Waals surface area (Å²) < 4.78 is 0. The average Bonchev–Trinajstić information content (AvgIpc) is 2.33. The van der Waals surface area contributed by atoms with Gasteiger partial charge in [-0.25, -0.2) is 4.98 Å². The molecule has 94 valence electrons. The number of piperidine rings is 1. The molecular formula is C12H19ClN4. The van der Waals surface area contributed by atoms with E-state index < -0.39 is 0 Å². The van der Waals surface area contributed by atoms with Crippen LogP contribution in [-0.4, -0.2) is 29.1 Å². The molecule has 1 aromatic heterocycles. The molecule has 0 spiro atoms. The van der Waals surface area contributed by atoms with Crippen molar-refractivity contribution in [2.75, 3.05) is 23.3 Å². The maximum atomic E-state index is 6.20. The molecule has 1 aromatic rings. The van der Waals surface area contributed by atoms with Crippen LogP contribution in [0.1, 0.15) is 33.1 Å². The Bertz CT molecular complexity index is 383. The number of anilines is 2. The molecule has 17 heavy (non-hydrogen) atoms. The number of nitrogens with one attached hydrogen (secondary N) is 1. The van der Waals surface area contributed by atoms with Gasteiger partial charge in [-0.05, 0) is 33.1 Å². The zero-order chi connectivity index (χ0) is 12.3. The van der Waals surface area contributed by atoms with Crippen molar-refractivity contribution in [3.05, 3.63) is 11.2 Å². The number of halogens is 1. The number of hydrogen-bond acceptors (Lipinski definition) is 4. The summed E-state index contributed by atoms with van der Waals surface area (Å²) in [6, 6.07) is 0.505. The van der Waals surface area contributed by atoms with Gasteiger partial charge in [0, 0.05) is 19.1 Å². The maximum absolute atomic E-state index is 6.20. The first kappa shape index (κ1) is 12.4. The van der Waals surface area contributed by atoms with Crippen molar-refractivity contribution >= 4 is 23.4 Å². The van der Waals surface area contributed by atoms with Crippen molar-refractivity contribution in [3.63, 3.8) is 0 Å². The molecule has 1 aliphatic rings. The smallest absolute Gasteiger partial charge is 0.224 e. The molecule has 1 fully saturated rings. The molecule has 0 aromatic carbocycles. The highest BCUT2D eigenvalue weighted by Crippen LogP contribution is 2.29. The van der Waals surface area contributed by atoms with Gasteiger partial charge in [0.15, 0.2) is 5.82 Å². The molecule has 0 bridgehead atoms. The van der Waals surface area contributed by atoms with Crippen molar-refractivity contribution in [1.29, 1.82) is 0 Å². The second-order valence-corrected chi connectivity index (χ2v) is 4.84. The van der Waals surface area contributed by atoms with E-state index in [-0.39, 0.29) is 0 Å². The fourth-order valence-electron chi connectivity index (χ4n) is 2.22. The van der Waals surface area contributed by atoms with Crippen LogP contribution in [-0.2, 0) is 0 Å². The average molecular weight is 255 g/mol. The first-order valence-corrected chi connectivity index (χ1v) is 6.63. The van der Waals surface area contributed by atoms with Crippen LogP contribution >= 0.6 is 11.6 Å². The molecular weight excluding hydrogens is 236 g/mol. The zero-order valence-corrected chi connectivity index (χ0v) is 11.2. The fraction of sp³-hybridized carbons (Fsp3) is 0.667. The predicted octanol–water partition coefficient (Wildman–Crippen LogP) is 2.94. The SMILES string of the molecule is CCNc1ncc(Cl)c(N2CCCCC2C)n1. The number of rotatable bonds is 3. The number of hydrogen-bond donors (Lipinski definition) is 1. The zero-order valence-electron chi connectivity index (χ0n) is 10.4. The van der Waals surface area contributed by atoms with Crippen LogP contribution in [0.2, 0.25) is 5.02 Å². The lowest BCUT2D eigenvalue weighted by Gasteiger charge is -2.34. The lowest BCUT2D eigenvalue weighted by atomic mass is 10.0. The summed E-state index contributed by atoms with van der Waals surface area (Å²) in [6.07, 6.45) is 5.39. The normalized spacial score (nSPS) is 20.4. The van der Waals surface area contributed by atoms with Crippen LogP contribution in [0.3, 0.4) is 0 Å². The van der Waals surface area contributed by atoms with Crippen LogP contribution in [0.25, 0.3) is 0 Å². The van der Waals surface area contributed by atoms with Crippen LogP contribution < -0.4 is 10.2 Å². The summed E-state index contributed by atoms with van der Waals surface area (Å²) >= 11 is 6.20. The molecule has 2 heterocycles. The predicted molar refractivity (Wildman–Crippen MR) is 71.9 cm³/mol. The van der Waals surface area contributed by atoms with Gasteiger partial charge in [0.25, 0.3) is 0 Å². The largest absolute Gasteiger partial charge is 0.354 e. The lowest BCUT2D eigenvalue weighted by Crippen LogP contribution is -2.38. The molecule has 1 unspecified atom stereocenters. The molecule has 1 N–H and O–H groups in total.